The monoisotopic (exact) mass is 318 g/mol. The highest BCUT2D eigenvalue weighted by Crippen LogP contribution is 2.22. The Hall–Kier alpha value is -1.00. The highest BCUT2D eigenvalue weighted by atomic mass is 32.2. The molecule has 0 spiro atoms. The van der Waals surface area contributed by atoms with Gasteiger partial charge in [0.25, 0.3) is 0 Å². The van der Waals surface area contributed by atoms with Crippen molar-refractivity contribution in [3.63, 3.8) is 0 Å². The third kappa shape index (κ3) is 4.50. The molecule has 0 aromatic heterocycles. The Bertz CT molecular complexity index is 473. The van der Waals surface area contributed by atoms with Crippen LogP contribution < -0.4 is 0 Å². The SMILES string of the molecule is O=C(CSc1ccccc1)N1CCCC(CN2CCCC2)C1. The van der Waals surface area contributed by atoms with Crippen molar-refractivity contribution in [1.82, 2.24) is 9.80 Å². The van der Waals surface area contributed by atoms with Crippen LogP contribution in [0.4, 0.5) is 0 Å². The molecule has 0 saturated carbocycles. The predicted molar refractivity (Wildman–Crippen MR) is 92.1 cm³/mol. The van der Waals surface area contributed by atoms with E-state index in [0.717, 1.165) is 13.1 Å². The van der Waals surface area contributed by atoms with Crippen LogP contribution in [-0.4, -0.2) is 54.2 Å². The Labute approximate surface area is 138 Å². The molecule has 2 fully saturated rings. The molecule has 0 aliphatic carbocycles. The van der Waals surface area contributed by atoms with Gasteiger partial charge in [-0.1, -0.05) is 18.2 Å². The van der Waals surface area contributed by atoms with Crippen molar-refractivity contribution in [1.29, 1.82) is 0 Å². The Kier molecular flexibility index (Phi) is 5.79. The van der Waals surface area contributed by atoms with Crippen LogP contribution in [-0.2, 0) is 4.79 Å². The van der Waals surface area contributed by atoms with E-state index in [2.05, 4.69) is 21.9 Å². The molecule has 2 aliphatic heterocycles. The van der Waals surface area contributed by atoms with Crippen molar-refractivity contribution in [3.05, 3.63) is 30.3 Å². The quantitative estimate of drug-likeness (QED) is 0.779. The van der Waals surface area contributed by atoms with Gasteiger partial charge >= 0.3 is 0 Å². The fourth-order valence-corrected chi connectivity index (χ4v) is 4.35. The summed E-state index contributed by atoms with van der Waals surface area (Å²) in [5.74, 6) is 1.55. The highest BCUT2D eigenvalue weighted by molar-refractivity contribution is 8.00. The minimum absolute atomic E-state index is 0.306. The molecule has 1 aromatic carbocycles. The predicted octanol–water partition coefficient (Wildman–Crippen LogP) is 3.11. The van der Waals surface area contributed by atoms with E-state index in [-0.39, 0.29) is 0 Å². The van der Waals surface area contributed by atoms with Crippen LogP contribution in [0.1, 0.15) is 25.7 Å². The molecule has 1 atom stereocenters. The minimum atomic E-state index is 0.306. The van der Waals surface area contributed by atoms with Gasteiger partial charge in [-0.2, -0.15) is 0 Å². The molecule has 2 saturated heterocycles. The molecular weight excluding hydrogens is 292 g/mol. The number of carbonyl (C=O) groups is 1. The van der Waals surface area contributed by atoms with Crippen molar-refractivity contribution in [2.75, 3.05) is 38.5 Å². The molecule has 4 heteroatoms. The zero-order chi connectivity index (χ0) is 15.2. The first-order valence-corrected chi connectivity index (χ1v) is 9.48. The Morgan fingerprint density at radius 1 is 1.09 bits per heavy atom. The Balaban J connectivity index is 1.45. The minimum Gasteiger partial charge on any atom is -0.342 e. The number of thioether (sulfide) groups is 1. The van der Waals surface area contributed by atoms with Crippen molar-refractivity contribution < 1.29 is 4.79 Å². The summed E-state index contributed by atoms with van der Waals surface area (Å²) in [6, 6.07) is 10.2. The van der Waals surface area contributed by atoms with E-state index in [9.17, 15) is 4.79 Å². The average Bonchev–Trinajstić information content (AvgIpc) is 3.07. The van der Waals surface area contributed by atoms with Crippen molar-refractivity contribution in [2.24, 2.45) is 5.92 Å². The summed E-state index contributed by atoms with van der Waals surface area (Å²) < 4.78 is 0. The number of benzene rings is 1. The van der Waals surface area contributed by atoms with Crippen LogP contribution in [0, 0.1) is 5.92 Å². The number of likely N-dealkylation sites (tertiary alicyclic amines) is 2. The lowest BCUT2D eigenvalue weighted by Crippen LogP contribution is -2.44. The zero-order valence-corrected chi connectivity index (χ0v) is 14.1. The number of rotatable bonds is 5. The Morgan fingerprint density at radius 3 is 2.64 bits per heavy atom. The van der Waals surface area contributed by atoms with E-state index >= 15 is 0 Å². The third-order valence-corrected chi connectivity index (χ3v) is 5.69. The molecule has 120 valence electrons. The van der Waals surface area contributed by atoms with E-state index in [4.69, 9.17) is 0 Å². The second-order valence-corrected chi connectivity index (χ2v) is 7.51. The number of nitrogens with zero attached hydrogens (tertiary/aromatic N) is 2. The largest absolute Gasteiger partial charge is 0.342 e. The first kappa shape index (κ1) is 15.9. The second kappa shape index (κ2) is 8.02. The van der Waals surface area contributed by atoms with E-state index in [1.165, 1.54) is 50.2 Å². The average molecular weight is 318 g/mol. The van der Waals surface area contributed by atoms with Gasteiger partial charge < -0.3 is 9.80 Å². The van der Waals surface area contributed by atoms with Crippen molar-refractivity contribution in [3.8, 4) is 0 Å². The topological polar surface area (TPSA) is 23.6 Å². The number of piperidine rings is 1. The van der Waals surface area contributed by atoms with Gasteiger partial charge in [-0.25, -0.2) is 0 Å². The van der Waals surface area contributed by atoms with Crippen LogP contribution in [0.25, 0.3) is 0 Å². The van der Waals surface area contributed by atoms with Crippen molar-refractivity contribution >= 4 is 17.7 Å². The summed E-state index contributed by atoms with van der Waals surface area (Å²) in [4.78, 5) is 18.3. The van der Waals surface area contributed by atoms with Crippen LogP contribution >= 0.6 is 11.8 Å². The van der Waals surface area contributed by atoms with Crippen LogP contribution in [0.15, 0.2) is 35.2 Å². The lowest BCUT2D eigenvalue weighted by atomic mass is 9.97. The van der Waals surface area contributed by atoms with Gasteiger partial charge in [0.1, 0.15) is 0 Å². The van der Waals surface area contributed by atoms with Gasteiger partial charge in [0.15, 0.2) is 0 Å². The van der Waals surface area contributed by atoms with Crippen LogP contribution in [0.2, 0.25) is 0 Å². The van der Waals surface area contributed by atoms with Gasteiger partial charge in [0.05, 0.1) is 5.75 Å². The second-order valence-electron chi connectivity index (χ2n) is 6.46. The third-order valence-electron chi connectivity index (χ3n) is 4.69. The number of amides is 1. The molecule has 22 heavy (non-hydrogen) atoms. The standard InChI is InChI=1S/C18H26N2OS/c21-18(15-22-17-8-2-1-3-9-17)20-12-6-7-16(14-20)13-19-10-4-5-11-19/h1-3,8-9,16H,4-7,10-15H2. The maximum absolute atomic E-state index is 12.4. The van der Waals surface area contributed by atoms with Gasteiger partial charge in [-0.15, -0.1) is 11.8 Å². The molecule has 0 radical (unpaired) electrons. The normalized spacial score (nSPS) is 22.9. The Morgan fingerprint density at radius 2 is 1.86 bits per heavy atom. The fraction of sp³-hybridized carbons (Fsp3) is 0.611. The molecule has 1 unspecified atom stereocenters. The van der Waals surface area contributed by atoms with Gasteiger partial charge in [0, 0.05) is 24.5 Å². The molecule has 3 rings (SSSR count). The first-order chi connectivity index (χ1) is 10.8. The van der Waals surface area contributed by atoms with Gasteiger partial charge in [-0.05, 0) is 56.8 Å². The number of hydrogen-bond donors (Lipinski definition) is 0. The molecule has 3 nitrogen and oxygen atoms in total. The van der Waals surface area contributed by atoms with E-state index in [1.54, 1.807) is 11.8 Å². The smallest absolute Gasteiger partial charge is 0.232 e. The summed E-state index contributed by atoms with van der Waals surface area (Å²) in [6.45, 7) is 5.62. The lowest BCUT2D eigenvalue weighted by Gasteiger charge is -2.34. The molecular formula is C18H26N2OS. The summed E-state index contributed by atoms with van der Waals surface area (Å²) >= 11 is 1.65. The molecule has 0 bridgehead atoms. The lowest BCUT2D eigenvalue weighted by molar-refractivity contribution is -0.130. The highest BCUT2D eigenvalue weighted by Gasteiger charge is 2.25. The van der Waals surface area contributed by atoms with E-state index in [1.807, 2.05) is 18.2 Å². The molecule has 0 N–H and O–H groups in total. The number of carbonyl (C=O) groups excluding carboxylic acids is 1. The maximum Gasteiger partial charge on any atom is 0.232 e. The van der Waals surface area contributed by atoms with Gasteiger partial charge in [-0.3, -0.25) is 4.79 Å². The summed E-state index contributed by atoms with van der Waals surface area (Å²) in [7, 11) is 0. The fourth-order valence-electron chi connectivity index (χ4n) is 3.52. The van der Waals surface area contributed by atoms with Crippen molar-refractivity contribution in [2.45, 2.75) is 30.6 Å². The molecule has 2 aliphatic rings. The van der Waals surface area contributed by atoms with Crippen LogP contribution in [0.3, 0.4) is 0 Å². The first-order valence-electron chi connectivity index (χ1n) is 8.49. The molecule has 2 heterocycles. The maximum atomic E-state index is 12.4. The van der Waals surface area contributed by atoms with Gasteiger partial charge in [0.2, 0.25) is 5.91 Å². The number of hydrogen-bond acceptors (Lipinski definition) is 3. The molecule has 1 aromatic rings. The summed E-state index contributed by atoms with van der Waals surface area (Å²) in [5, 5.41) is 0. The molecule has 1 amide bonds. The summed E-state index contributed by atoms with van der Waals surface area (Å²) in [6.07, 6.45) is 5.15. The zero-order valence-electron chi connectivity index (χ0n) is 13.2. The van der Waals surface area contributed by atoms with E-state index < -0.39 is 0 Å². The van der Waals surface area contributed by atoms with Crippen LogP contribution in [0.5, 0.6) is 0 Å². The van der Waals surface area contributed by atoms with E-state index in [0.29, 0.717) is 17.6 Å². The summed E-state index contributed by atoms with van der Waals surface area (Å²) in [5.41, 5.74) is 0.